The largest absolute Gasteiger partial charge is 0.355 e. The molecule has 0 radical (unpaired) electrons. The highest BCUT2D eigenvalue weighted by Gasteiger charge is 2.15. The molecule has 2 N–H and O–H groups in total. The van der Waals surface area contributed by atoms with E-state index in [4.69, 9.17) is 0 Å². The van der Waals surface area contributed by atoms with Gasteiger partial charge in [0.15, 0.2) is 0 Å². The first-order valence-electron chi connectivity index (χ1n) is 7.05. The first-order chi connectivity index (χ1) is 8.99. The van der Waals surface area contributed by atoms with Gasteiger partial charge in [0, 0.05) is 17.5 Å². The summed E-state index contributed by atoms with van der Waals surface area (Å²) in [7, 11) is 0. The molecule has 0 aliphatic rings. The molecule has 1 aromatic rings. The number of amides is 1. The van der Waals surface area contributed by atoms with E-state index in [2.05, 4.69) is 48.9 Å². The van der Waals surface area contributed by atoms with Gasteiger partial charge in [0.2, 0.25) is 5.91 Å². The monoisotopic (exact) mass is 282 g/mol. The standard InChI is InChI=1S/C15H26N2OS/c1-11(2)7-8-16-15(18)13(4)17-12(3)10-14-6-5-9-19-14/h5-6,9,11-13,17H,7-8,10H2,1-4H3,(H,16,18). The van der Waals surface area contributed by atoms with Crippen molar-refractivity contribution in [3.05, 3.63) is 22.4 Å². The van der Waals surface area contributed by atoms with Crippen LogP contribution >= 0.6 is 11.3 Å². The zero-order chi connectivity index (χ0) is 14.3. The lowest BCUT2D eigenvalue weighted by Crippen LogP contribution is -2.46. The molecule has 0 fully saturated rings. The van der Waals surface area contributed by atoms with Crippen LogP contribution in [0.5, 0.6) is 0 Å². The number of nitrogens with one attached hydrogen (secondary N) is 2. The van der Waals surface area contributed by atoms with Gasteiger partial charge in [-0.15, -0.1) is 11.3 Å². The Morgan fingerprint density at radius 1 is 1.32 bits per heavy atom. The van der Waals surface area contributed by atoms with Gasteiger partial charge in [0.25, 0.3) is 0 Å². The smallest absolute Gasteiger partial charge is 0.236 e. The van der Waals surface area contributed by atoms with Crippen LogP contribution in [0.2, 0.25) is 0 Å². The van der Waals surface area contributed by atoms with Crippen LogP contribution in [0.15, 0.2) is 17.5 Å². The van der Waals surface area contributed by atoms with Gasteiger partial charge in [-0.2, -0.15) is 0 Å². The van der Waals surface area contributed by atoms with Crippen LogP contribution < -0.4 is 10.6 Å². The van der Waals surface area contributed by atoms with Crippen LogP contribution in [-0.4, -0.2) is 24.5 Å². The molecule has 0 aliphatic carbocycles. The van der Waals surface area contributed by atoms with Gasteiger partial charge in [-0.05, 0) is 44.1 Å². The van der Waals surface area contributed by atoms with E-state index in [1.165, 1.54) is 4.88 Å². The third-order valence-electron chi connectivity index (χ3n) is 3.04. The van der Waals surface area contributed by atoms with Gasteiger partial charge in [-0.1, -0.05) is 19.9 Å². The van der Waals surface area contributed by atoms with E-state index in [0.717, 1.165) is 19.4 Å². The Morgan fingerprint density at radius 3 is 2.63 bits per heavy atom. The summed E-state index contributed by atoms with van der Waals surface area (Å²) in [5.41, 5.74) is 0. The molecular weight excluding hydrogens is 256 g/mol. The molecule has 0 saturated heterocycles. The zero-order valence-electron chi connectivity index (χ0n) is 12.4. The molecule has 0 aromatic carbocycles. The molecular formula is C15H26N2OS. The number of carbonyl (C=O) groups excluding carboxylic acids is 1. The predicted molar refractivity (Wildman–Crippen MR) is 82.5 cm³/mol. The predicted octanol–water partition coefficient (Wildman–Crippen LogP) is 2.82. The van der Waals surface area contributed by atoms with Gasteiger partial charge >= 0.3 is 0 Å². The van der Waals surface area contributed by atoms with Crippen LogP contribution in [0, 0.1) is 5.92 Å². The summed E-state index contributed by atoms with van der Waals surface area (Å²) in [5, 5.41) is 8.42. The second-order valence-electron chi connectivity index (χ2n) is 5.55. The molecule has 108 valence electrons. The van der Waals surface area contributed by atoms with Crippen molar-refractivity contribution in [1.29, 1.82) is 0 Å². The molecule has 1 heterocycles. The number of carbonyl (C=O) groups is 1. The van der Waals surface area contributed by atoms with Crippen molar-refractivity contribution in [1.82, 2.24) is 10.6 Å². The highest BCUT2D eigenvalue weighted by Crippen LogP contribution is 2.11. The summed E-state index contributed by atoms with van der Waals surface area (Å²) < 4.78 is 0. The minimum absolute atomic E-state index is 0.0960. The third kappa shape index (κ3) is 6.73. The molecule has 2 unspecified atom stereocenters. The normalized spacial score (nSPS) is 14.4. The van der Waals surface area contributed by atoms with E-state index in [9.17, 15) is 4.79 Å². The van der Waals surface area contributed by atoms with Gasteiger partial charge in [-0.3, -0.25) is 4.79 Å². The first kappa shape index (κ1) is 16.2. The molecule has 1 aromatic heterocycles. The third-order valence-corrected chi connectivity index (χ3v) is 3.93. The van der Waals surface area contributed by atoms with E-state index in [-0.39, 0.29) is 11.9 Å². The molecule has 2 atom stereocenters. The van der Waals surface area contributed by atoms with E-state index in [0.29, 0.717) is 12.0 Å². The van der Waals surface area contributed by atoms with Crippen LogP contribution in [-0.2, 0) is 11.2 Å². The fraction of sp³-hybridized carbons (Fsp3) is 0.667. The molecule has 4 heteroatoms. The van der Waals surface area contributed by atoms with E-state index in [1.54, 1.807) is 11.3 Å². The fourth-order valence-corrected chi connectivity index (χ4v) is 2.76. The average molecular weight is 282 g/mol. The summed E-state index contributed by atoms with van der Waals surface area (Å²) in [5.74, 6) is 0.722. The summed E-state index contributed by atoms with van der Waals surface area (Å²) in [4.78, 5) is 13.2. The Balaban J connectivity index is 2.25. The van der Waals surface area contributed by atoms with Crippen molar-refractivity contribution in [3.8, 4) is 0 Å². The lowest BCUT2D eigenvalue weighted by atomic mass is 10.1. The van der Waals surface area contributed by atoms with Gasteiger partial charge in [0.1, 0.15) is 0 Å². The minimum Gasteiger partial charge on any atom is -0.355 e. The summed E-state index contributed by atoms with van der Waals surface area (Å²) in [6.07, 6.45) is 2.00. The van der Waals surface area contributed by atoms with Crippen molar-refractivity contribution >= 4 is 17.2 Å². The fourth-order valence-electron chi connectivity index (χ4n) is 1.93. The highest BCUT2D eigenvalue weighted by atomic mass is 32.1. The van der Waals surface area contributed by atoms with Gasteiger partial charge in [-0.25, -0.2) is 0 Å². The Labute approximate surface area is 120 Å². The van der Waals surface area contributed by atoms with E-state index in [1.807, 2.05) is 6.92 Å². The Bertz CT molecular complexity index is 362. The van der Waals surface area contributed by atoms with Crippen molar-refractivity contribution in [2.45, 2.75) is 52.6 Å². The van der Waals surface area contributed by atoms with Crippen LogP contribution in [0.3, 0.4) is 0 Å². The molecule has 0 aliphatic heterocycles. The molecule has 0 spiro atoms. The molecule has 1 amide bonds. The van der Waals surface area contributed by atoms with E-state index < -0.39 is 0 Å². The number of rotatable bonds is 8. The Hall–Kier alpha value is -0.870. The lowest BCUT2D eigenvalue weighted by molar-refractivity contribution is -0.122. The Morgan fingerprint density at radius 2 is 2.05 bits per heavy atom. The maximum Gasteiger partial charge on any atom is 0.236 e. The molecule has 0 bridgehead atoms. The van der Waals surface area contributed by atoms with Crippen LogP contribution in [0.25, 0.3) is 0 Å². The summed E-state index contributed by atoms with van der Waals surface area (Å²) in [6.45, 7) is 9.14. The number of thiophene rings is 1. The van der Waals surface area contributed by atoms with Crippen molar-refractivity contribution < 1.29 is 4.79 Å². The SMILES string of the molecule is CC(C)CCNC(=O)C(C)NC(C)Cc1cccs1. The van der Waals surface area contributed by atoms with Crippen LogP contribution in [0.1, 0.15) is 39.0 Å². The molecule has 1 rings (SSSR count). The highest BCUT2D eigenvalue weighted by molar-refractivity contribution is 7.09. The van der Waals surface area contributed by atoms with Crippen molar-refractivity contribution in [2.24, 2.45) is 5.92 Å². The minimum atomic E-state index is -0.137. The summed E-state index contributed by atoms with van der Waals surface area (Å²) in [6, 6.07) is 4.37. The average Bonchev–Trinajstić information content (AvgIpc) is 2.80. The maximum absolute atomic E-state index is 11.9. The second-order valence-corrected chi connectivity index (χ2v) is 6.58. The topological polar surface area (TPSA) is 41.1 Å². The summed E-state index contributed by atoms with van der Waals surface area (Å²) >= 11 is 1.76. The van der Waals surface area contributed by atoms with E-state index >= 15 is 0 Å². The molecule has 19 heavy (non-hydrogen) atoms. The lowest BCUT2D eigenvalue weighted by Gasteiger charge is -2.19. The first-order valence-corrected chi connectivity index (χ1v) is 7.93. The van der Waals surface area contributed by atoms with Crippen LogP contribution in [0.4, 0.5) is 0 Å². The Kier molecular flexibility index (Phi) is 7.10. The van der Waals surface area contributed by atoms with Crippen molar-refractivity contribution in [2.75, 3.05) is 6.54 Å². The van der Waals surface area contributed by atoms with Crippen molar-refractivity contribution in [3.63, 3.8) is 0 Å². The van der Waals surface area contributed by atoms with Gasteiger partial charge < -0.3 is 10.6 Å². The number of hydrogen-bond donors (Lipinski definition) is 2. The quantitative estimate of drug-likeness (QED) is 0.770. The van der Waals surface area contributed by atoms with Gasteiger partial charge in [0.05, 0.1) is 6.04 Å². The maximum atomic E-state index is 11.9. The molecule has 0 saturated carbocycles. The molecule has 3 nitrogen and oxygen atoms in total. The second kappa shape index (κ2) is 8.33. The number of hydrogen-bond acceptors (Lipinski definition) is 3. The zero-order valence-corrected chi connectivity index (χ0v) is 13.2.